The molecule has 2 aromatic rings. The van der Waals surface area contributed by atoms with Crippen molar-refractivity contribution in [3.8, 4) is 11.5 Å². The van der Waals surface area contributed by atoms with Crippen molar-refractivity contribution in [2.24, 2.45) is 0 Å². The molecule has 1 aromatic heterocycles. The Hall–Kier alpha value is -2.07. The van der Waals surface area contributed by atoms with E-state index in [0.29, 0.717) is 6.10 Å². The molecule has 0 unspecified atom stereocenters. The van der Waals surface area contributed by atoms with Crippen LogP contribution in [0.5, 0.6) is 11.5 Å². The van der Waals surface area contributed by atoms with E-state index >= 15 is 0 Å². The third-order valence-electron chi connectivity index (χ3n) is 4.64. The maximum absolute atomic E-state index is 6.17. The molecule has 0 radical (unpaired) electrons. The Morgan fingerprint density at radius 1 is 0.957 bits per heavy atom. The van der Waals surface area contributed by atoms with Crippen LogP contribution in [-0.4, -0.2) is 18.2 Å². The van der Waals surface area contributed by atoms with Crippen molar-refractivity contribution in [3.05, 3.63) is 53.9 Å². The largest absolute Gasteiger partial charge is 0.493 e. The minimum absolute atomic E-state index is 0.0919. The van der Waals surface area contributed by atoms with E-state index in [0.717, 1.165) is 29.9 Å². The number of epoxide rings is 1. The zero-order valence-electron chi connectivity index (χ0n) is 13.3. The molecule has 2 heterocycles. The first-order valence-corrected chi connectivity index (χ1v) is 8.25. The highest BCUT2D eigenvalue weighted by molar-refractivity contribution is 5.45. The zero-order chi connectivity index (χ0) is 15.6. The Bertz CT molecular complexity index is 668. The molecule has 4 rings (SSSR count). The zero-order valence-corrected chi connectivity index (χ0v) is 13.3. The molecular weight excluding hydrogens is 290 g/mol. The van der Waals surface area contributed by atoms with Gasteiger partial charge in [0.15, 0.2) is 11.5 Å². The Labute approximate surface area is 136 Å². The summed E-state index contributed by atoms with van der Waals surface area (Å²) in [6.45, 7) is 0. The van der Waals surface area contributed by atoms with Gasteiger partial charge < -0.3 is 14.2 Å². The average Bonchev–Trinajstić information content (AvgIpc) is 3.25. The van der Waals surface area contributed by atoms with Gasteiger partial charge in [-0.15, -0.1) is 0 Å². The molecule has 2 aliphatic rings. The highest BCUT2D eigenvalue weighted by Gasteiger charge is 2.41. The van der Waals surface area contributed by atoms with E-state index in [9.17, 15) is 0 Å². The monoisotopic (exact) mass is 311 g/mol. The molecule has 1 aliphatic heterocycles. The van der Waals surface area contributed by atoms with Crippen molar-refractivity contribution in [2.45, 2.75) is 44.0 Å². The number of benzene rings is 1. The number of rotatable bonds is 5. The molecule has 120 valence electrons. The van der Waals surface area contributed by atoms with Gasteiger partial charge in [-0.2, -0.15) is 0 Å². The van der Waals surface area contributed by atoms with Gasteiger partial charge in [0.25, 0.3) is 0 Å². The van der Waals surface area contributed by atoms with E-state index in [1.165, 1.54) is 18.4 Å². The predicted octanol–water partition coefficient (Wildman–Crippen LogP) is 4.22. The van der Waals surface area contributed by atoms with Crippen LogP contribution in [0.2, 0.25) is 0 Å². The van der Waals surface area contributed by atoms with Crippen LogP contribution in [-0.2, 0) is 4.74 Å². The predicted molar refractivity (Wildman–Crippen MR) is 86.7 cm³/mol. The van der Waals surface area contributed by atoms with Gasteiger partial charge in [0, 0.05) is 12.4 Å². The number of nitrogens with zero attached hydrogens (tertiary/aromatic N) is 1. The van der Waals surface area contributed by atoms with E-state index in [4.69, 9.17) is 14.2 Å². The SMILES string of the molecule is COc1ccc([C@H]2O[C@H]2c2ccncc2)cc1OC1CCCC1. The molecule has 1 aromatic carbocycles. The number of pyridine rings is 1. The Balaban J connectivity index is 1.53. The summed E-state index contributed by atoms with van der Waals surface area (Å²) in [6, 6.07) is 10.1. The van der Waals surface area contributed by atoms with Crippen LogP contribution in [0.4, 0.5) is 0 Å². The number of aromatic nitrogens is 1. The highest BCUT2D eigenvalue weighted by atomic mass is 16.6. The average molecular weight is 311 g/mol. The number of ether oxygens (including phenoxy) is 3. The molecule has 0 spiro atoms. The summed E-state index contributed by atoms with van der Waals surface area (Å²) in [6.07, 6.45) is 8.90. The molecule has 2 atom stereocenters. The summed E-state index contributed by atoms with van der Waals surface area (Å²) in [5.74, 6) is 1.63. The van der Waals surface area contributed by atoms with Gasteiger partial charge >= 0.3 is 0 Å². The third kappa shape index (κ3) is 3.04. The van der Waals surface area contributed by atoms with E-state index in [1.807, 2.05) is 18.2 Å². The molecule has 1 aliphatic carbocycles. The quantitative estimate of drug-likeness (QED) is 0.775. The standard InChI is InChI=1S/C19H21NO3/c1-21-16-7-6-14(12-17(16)22-15-4-2-3-5-15)19-18(23-19)13-8-10-20-11-9-13/h6-12,15,18-19H,2-5H2,1H3/t18-,19+/m0/s1. The molecular formula is C19H21NO3. The van der Waals surface area contributed by atoms with Crippen LogP contribution in [0.25, 0.3) is 0 Å². The van der Waals surface area contributed by atoms with Crippen LogP contribution in [0.1, 0.15) is 49.0 Å². The van der Waals surface area contributed by atoms with Gasteiger partial charge in [0.2, 0.25) is 0 Å². The highest BCUT2D eigenvalue weighted by Crippen LogP contribution is 2.52. The summed E-state index contributed by atoms with van der Waals surface area (Å²) in [4.78, 5) is 4.06. The first-order chi connectivity index (χ1) is 11.3. The van der Waals surface area contributed by atoms with Crippen LogP contribution in [0.3, 0.4) is 0 Å². The van der Waals surface area contributed by atoms with Gasteiger partial charge in [0.05, 0.1) is 13.2 Å². The lowest BCUT2D eigenvalue weighted by Crippen LogP contribution is -2.11. The Morgan fingerprint density at radius 2 is 1.70 bits per heavy atom. The Morgan fingerprint density at radius 3 is 2.43 bits per heavy atom. The molecule has 1 saturated carbocycles. The van der Waals surface area contributed by atoms with Crippen molar-refractivity contribution in [3.63, 3.8) is 0 Å². The first-order valence-electron chi connectivity index (χ1n) is 8.25. The summed E-state index contributed by atoms with van der Waals surface area (Å²) in [5, 5.41) is 0. The normalized spacial score (nSPS) is 23.7. The van der Waals surface area contributed by atoms with Crippen molar-refractivity contribution < 1.29 is 14.2 Å². The number of hydrogen-bond acceptors (Lipinski definition) is 4. The fourth-order valence-electron chi connectivity index (χ4n) is 3.32. The van der Waals surface area contributed by atoms with E-state index in [-0.39, 0.29) is 12.2 Å². The third-order valence-corrected chi connectivity index (χ3v) is 4.64. The molecule has 0 bridgehead atoms. The molecule has 2 fully saturated rings. The van der Waals surface area contributed by atoms with Gasteiger partial charge in [0.1, 0.15) is 12.2 Å². The first kappa shape index (κ1) is 14.5. The fourth-order valence-corrected chi connectivity index (χ4v) is 3.32. The summed E-state index contributed by atoms with van der Waals surface area (Å²) < 4.78 is 17.5. The summed E-state index contributed by atoms with van der Waals surface area (Å²) >= 11 is 0. The van der Waals surface area contributed by atoms with E-state index in [1.54, 1.807) is 19.5 Å². The van der Waals surface area contributed by atoms with Crippen LogP contribution in [0.15, 0.2) is 42.7 Å². The van der Waals surface area contributed by atoms with Gasteiger partial charge in [-0.25, -0.2) is 0 Å². The van der Waals surface area contributed by atoms with Crippen molar-refractivity contribution in [2.75, 3.05) is 7.11 Å². The second kappa shape index (κ2) is 6.20. The molecule has 4 heteroatoms. The van der Waals surface area contributed by atoms with Crippen LogP contribution in [0, 0.1) is 0 Å². The maximum atomic E-state index is 6.17. The van der Waals surface area contributed by atoms with Crippen molar-refractivity contribution in [1.29, 1.82) is 0 Å². The Kier molecular flexibility index (Phi) is 3.92. The van der Waals surface area contributed by atoms with Crippen LogP contribution >= 0.6 is 0 Å². The number of hydrogen-bond donors (Lipinski definition) is 0. The molecule has 1 saturated heterocycles. The lowest BCUT2D eigenvalue weighted by molar-refractivity contribution is 0.200. The van der Waals surface area contributed by atoms with Gasteiger partial charge in [-0.1, -0.05) is 6.07 Å². The number of methoxy groups -OCH3 is 1. The minimum atomic E-state index is 0.0919. The van der Waals surface area contributed by atoms with E-state index < -0.39 is 0 Å². The minimum Gasteiger partial charge on any atom is -0.493 e. The smallest absolute Gasteiger partial charge is 0.161 e. The summed E-state index contributed by atoms with van der Waals surface area (Å²) in [5.41, 5.74) is 2.31. The van der Waals surface area contributed by atoms with Crippen molar-refractivity contribution in [1.82, 2.24) is 4.98 Å². The molecule has 0 amide bonds. The second-order valence-electron chi connectivity index (χ2n) is 6.19. The molecule has 0 N–H and O–H groups in total. The van der Waals surface area contributed by atoms with E-state index in [2.05, 4.69) is 17.1 Å². The van der Waals surface area contributed by atoms with Gasteiger partial charge in [-0.3, -0.25) is 4.98 Å². The van der Waals surface area contributed by atoms with Crippen molar-refractivity contribution >= 4 is 0 Å². The maximum Gasteiger partial charge on any atom is 0.161 e. The molecule has 4 nitrogen and oxygen atoms in total. The van der Waals surface area contributed by atoms with Crippen LogP contribution < -0.4 is 9.47 Å². The van der Waals surface area contributed by atoms with Gasteiger partial charge in [-0.05, 0) is 61.1 Å². The lowest BCUT2D eigenvalue weighted by atomic mass is 10.0. The molecule has 23 heavy (non-hydrogen) atoms. The second-order valence-corrected chi connectivity index (χ2v) is 6.19. The topological polar surface area (TPSA) is 43.9 Å². The summed E-state index contributed by atoms with van der Waals surface area (Å²) in [7, 11) is 1.68. The lowest BCUT2D eigenvalue weighted by Gasteiger charge is -2.16. The fraction of sp³-hybridized carbons (Fsp3) is 0.421.